The summed E-state index contributed by atoms with van der Waals surface area (Å²) in [6, 6.07) is 12.2. The third-order valence-electron chi connectivity index (χ3n) is 8.07. The molecule has 1 N–H and O–H groups in total. The molecule has 7 rings (SSSR count). The molecule has 3 aliphatic heterocycles. The molecule has 3 aliphatic rings. The highest BCUT2D eigenvalue weighted by Crippen LogP contribution is 2.34. The van der Waals surface area contributed by atoms with Crippen molar-refractivity contribution in [2.24, 2.45) is 0 Å². The normalized spacial score (nSPS) is 16.7. The Hall–Kier alpha value is -5.33. The van der Waals surface area contributed by atoms with Gasteiger partial charge in [-0.15, -0.1) is 0 Å². The standard InChI is InChI=1S/C32H33N7O6/c1-20(2)23-14-29(36-32(35-23)38-8-7-33-17-38)37-9-10-39(30(40)13-21-3-5-25-27(11-21)44-18-42-25)24(16-37)31(41)34-15-22-4-6-26-28(12-22)45-19-43-26/h3-8,11-12,14,17,20,24H,9-10,13,15-16,18-19H2,1-2H3,(H,34,41). The number of carbonyl (C=O) groups is 2. The molecule has 5 heterocycles. The molecule has 4 aromatic rings. The van der Waals surface area contributed by atoms with Crippen molar-refractivity contribution in [1.29, 1.82) is 0 Å². The molecule has 1 fully saturated rings. The van der Waals surface area contributed by atoms with Crippen LogP contribution in [0.5, 0.6) is 23.0 Å². The van der Waals surface area contributed by atoms with E-state index in [1.54, 1.807) is 34.3 Å². The van der Waals surface area contributed by atoms with Gasteiger partial charge in [0, 0.05) is 44.6 Å². The number of benzene rings is 2. The molecular formula is C32H33N7O6. The van der Waals surface area contributed by atoms with Crippen LogP contribution < -0.4 is 29.2 Å². The summed E-state index contributed by atoms with van der Waals surface area (Å²) < 4.78 is 23.6. The fourth-order valence-electron chi connectivity index (χ4n) is 5.59. The van der Waals surface area contributed by atoms with Crippen LogP contribution in [0.15, 0.2) is 61.2 Å². The second-order valence-electron chi connectivity index (χ2n) is 11.4. The average molecular weight is 612 g/mol. The van der Waals surface area contributed by atoms with Crippen molar-refractivity contribution in [2.45, 2.75) is 38.8 Å². The largest absolute Gasteiger partial charge is 0.454 e. The summed E-state index contributed by atoms with van der Waals surface area (Å²) in [7, 11) is 0. The van der Waals surface area contributed by atoms with Gasteiger partial charge in [0.05, 0.1) is 12.1 Å². The highest BCUT2D eigenvalue weighted by molar-refractivity contribution is 5.89. The van der Waals surface area contributed by atoms with E-state index in [2.05, 4.69) is 24.1 Å². The van der Waals surface area contributed by atoms with Crippen molar-refractivity contribution in [3.8, 4) is 28.9 Å². The Labute approximate surface area is 259 Å². The first-order valence-electron chi connectivity index (χ1n) is 14.9. The zero-order chi connectivity index (χ0) is 30.9. The molecule has 0 radical (unpaired) electrons. The highest BCUT2D eigenvalue weighted by Gasteiger charge is 2.36. The van der Waals surface area contributed by atoms with Crippen LogP contribution in [-0.2, 0) is 22.6 Å². The number of hydrogen-bond acceptors (Lipinski definition) is 10. The molecule has 1 atom stereocenters. The number of aromatic nitrogens is 4. The molecule has 2 aromatic heterocycles. The zero-order valence-electron chi connectivity index (χ0n) is 25.0. The lowest BCUT2D eigenvalue weighted by atomic mass is 10.1. The molecule has 2 amide bonds. The van der Waals surface area contributed by atoms with E-state index in [1.807, 2.05) is 41.3 Å². The lowest BCUT2D eigenvalue weighted by Crippen LogP contribution is -2.61. The maximum absolute atomic E-state index is 13.9. The first kappa shape index (κ1) is 28.4. The first-order valence-corrected chi connectivity index (χ1v) is 14.9. The number of amides is 2. The highest BCUT2D eigenvalue weighted by atomic mass is 16.7. The minimum Gasteiger partial charge on any atom is -0.454 e. The predicted molar refractivity (Wildman–Crippen MR) is 162 cm³/mol. The van der Waals surface area contributed by atoms with Crippen LogP contribution in [0.25, 0.3) is 5.95 Å². The number of nitrogens with one attached hydrogen (secondary N) is 1. The fourth-order valence-corrected chi connectivity index (χ4v) is 5.59. The summed E-state index contributed by atoms with van der Waals surface area (Å²) in [6.07, 6.45) is 5.25. The number of hydrogen-bond donors (Lipinski definition) is 1. The summed E-state index contributed by atoms with van der Waals surface area (Å²) in [6.45, 7) is 5.84. The number of anilines is 1. The second kappa shape index (κ2) is 12.0. The molecule has 1 unspecified atom stereocenters. The van der Waals surface area contributed by atoms with Gasteiger partial charge in [-0.2, -0.15) is 4.98 Å². The SMILES string of the molecule is CC(C)c1cc(N2CCN(C(=O)Cc3ccc4c(c3)OCO4)C(C(=O)NCc3ccc4c(c3)OCO4)C2)nc(-n2ccnc2)n1. The van der Waals surface area contributed by atoms with Crippen LogP contribution in [-0.4, -0.2) is 75.5 Å². The quantitative estimate of drug-likeness (QED) is 0.317. The van der Waals surface area contributed by atoms with Gasteiger partial charge in [-0.25, -0.2) is 9.97 Å². The summed E-state index contributed by atoms with van der Waals surface area (Å²) >= 11 is 0. The minimum atomic E-state index is -0.761. The van der Waals surface area contributed by atoms with Crippen molar-refractivity contribution < 1.29 is 28.5 Å². The Kier molecular flexibility index (Phi) is 7.57. The third-order valence-corrected chi connectivity index (χ3v) is 8.07. The van der Waals surface area contributed by atoms with Crippen LogP contribution in [0.3, 0.4) is 0 Å². The Morgan fingerprint density at radius 2 is 1.62 bits per heavy atom. The van der Waals surface area contributed by atoms with Crippen LogP contribution in [0.2, 0.25) is 0 Å². The molecule has 0 spiro atoms. The van der Waals surface area contributed by atoms with Crippen molar-refractivity contribution in [1.82, 2.24) is 29.7 Å². The van der Waals surface area contributed by atoms with Crippen LogP contribution in [0.4, 0.5) is 5.82 Å². The molecule has 0 aliphatic carbocycles. The maximum Gasteiger partial charge on any atom is 0.244 e. The fraction of sp³-hybridized carbons (Fsp3) is 0.344. The lowest BCUT2D eigenvalue weighted by Gasteiger charge is -2.41. The zero-order valence-corrected chi connectivity index (χ0v) is 25.0. The summed E-state index contributed by atoms with van der Waals surface area (Å²) in [5.41, 5.74) is 2.52. The van der Waals surface area contributed by atoms with Gasteiger partial charge >= 0.3 is 0 Å². The summed E-state index contributed by atoms with van der Waals surface area (Å²) in [4.78, 5) is 45.0. The van der Waals surface area contributed by atoms with E-state index in [-0.39, 0.29) is 50.8 Å². The summed E-state index contributed by atoms with van der Waals surface area (Å²) in [5, 5.41) is 3.04. The summed E-state index contributed by atoms with van der Waals surface area (Å²) in [5.74, 6) is 3.51. The molecule has 1 saturated heterocycles. The first-order chi connectivity index (χ1) is 21.9. The van der Waals surface area contributed by atoms with E-state index in [1.165, 1.54) is 0 Å². The van der Waals surface area contributed by atoms with Crippen molar-refractivity contribution in [3.63, 3.8) is 0 Å². The molecule has 2 aromatic carbocycles. The van der Waals surface area contributed by atoms with Crippen LogP contribution >= 0.6 is 0 Å². The van der Waals surface area contributed by atoms with Gasteiger partial charge in [-0.1, -0.05) is 26.0 Å². The lowest BCUT2D eigenvalue weighted by molar-refractivity contribution is -0.140. The molecule has 13 heteroatoms. The van der Waals surface area contributed by atoms with E-state index >= 15 is 0 Å². The molecule has 0 saturated carbocycles. The van der Waals surface area contributed by atoms with E-state index in [0.29, 0.717) is 47.9 Å². The van der Waals surface area contributed by atoms with Crippen LogP contribution in [0, 0.1) is 0 Å². The number of fused-ring (bicyclic) bond motifs is 2. The van der Waals surface area contributed by atoms with Gasteiger partial charge in [0.25, 0.3) is 0 Å². The second-order valence-corrected chi connectivity index (χ2v) is 11.4. The number of nitrogens with zero attached hydrogens (tertiary/aromatic N) is 6. The van der Waals surface area contributed by atoms with Gasteiger partial charge in [-0.05, 0) is 41.3 Å². The molecule has 13 nitrogen and oxygen atoms in total. The van der Waals surface area contributed by atoms with Gasteiger partial charge in [0.2, 0.25) is 31.3 Å². The topological polar surface area (TPSA) is 133 Å². The Bertz CT molecular complexity index is 1730. The maximum atomic E-state index is 13.9. The van der Waals surface area contributed by atoms with Gasteiger partial charge in [0.15, 0.2) is 23.0 Å². The van der Waals surface area contributed by atoms with Gasteiger partial charge in [0.1, 0.15) is 18.2 Å². The minimum absolute atomic E-state index is 0.123. The monoisotopic (exact) mass is 611 g/mol. The Balaban J connectivity index is 1.14. The number of ether oxygens (including phenoxy) is 4. The number of rotatable bonds is 8. The van der Waals surface area contributed by atoms with Crippen molar-refractivity contribution in [3.05, 3.63) is 78.0 Å². The van der Waals surface area contributed by atoms with E-state index < -0.39 is 6.04 Å². The predicted octanol–water partition coefficient (Wildman–Crippen LogP) is 2.82. The smallest absolute Gasteiger partial charge is 0.244 e. The van der Waals surface area contributed by atoms with E-state index in [0.717, 1.165) is 16.8 Å². The Morgan fingerprint density at radius 3 is 2.33 bits per heavy atom. The molecule has 0 bridgehead atoms. The Morgan fingerprint density at radius 1 is 0.911 bits per heavy atom. The number of piperazine rings is 1. The number of imidazole rings is 1. The molecule has 232 valence electrons. The average Bonchev–Trinajstić information content (AvgIpc) is 3.85. The van der Waals surface area contributed by atoms with E-state index in [9.17, 15) is 9.59 Å². The number of carbonyl (C=O) groups excluding carboxylic acids is 2. The van der Waals surface area contributed by atoms with Gasteiger partial charge < -0.3 is 34.1 Å². The van der Waals surface area contributed by atoms with Crippen LogP contribution in [0.1, 0.15) is 36.6 Å². The molecular weight excluding hydrogens is 578 g/mol. The molecule has 45 heavy (non-hydrogen) atoms. The third kappa shape index (κ3) is 5.93. The van der Waals surface area contributed by atoms with Crippen molar-refractivity contribution >= 4 is 17.6 Å². The van der Waals surface area contributed by atoms with Gasteiger partial charge in [-0.3, -0.25) is 14.2 Å². The van der Waals surface area contributed by atoms with Crippen molar-refractivity contribution in [2.75, 3.05) is 38.1 Å². The van der Waals surface area contributed by atoms with E-state index in [4.69, 9.17) is 28.9 Å².